The van der Waals surface area contributed by atoms with E-state index >= 15 is 0 Å². The van der Waals surface area contributed by atoms with Crippen molar-refractivity contribution in [2.24, 2.45) is 5.92 Å². The maximum absolute atomic E-state index is 12.5. The molecule has 1 aromatic rings. The Bertz CT molecular complexity index is 444. The highest BCUT2D eigenvalue weighted by atomic mass is 16.5. The van der Waals surface area contributed by atoms with Gasteiger partial charge in [-0.3, -0.25) is 4.79 Å². The third kappa shape index (κ3) is 1.91. The van der Waals surface area contributed by atoms with Crippen LogP contribution in [-0.4, -0.2) is 18.0 Å². The highest BCUT2D eigenvalue weighted by Gasteiger charge is 2.44. The Morgan fingerprint density at radius 3 is 2.41 bits per heavy atom. The first-order chi connectivity index (χ1) is 8.13. The molecule has 1 aromatic carbocycles. The fraction of sp³-hybridized carbons (Fsp3) is 0.533. The van der Waals surface area contributed by atoms with E-state index in [4.69, 9.17) is 4.74 Å². The number of aryl methyl sites for hydroxylation is 2. The zero-order chi connectivity index (χ0) is 12.0. The molecule has 2 saturated heterocycles. The Hall–Kier alpha value is -1.15. The van der Waals surface area contributed by atoms with E-state index < -0.39 is 0 Å². The quantitative estimate of drug-likeness (QED) is 0.730. The first-order valence-corrected chi connectivity index (χ1v) is 6.41. The highest BCUT2D eigenvalue weighted by Crippen LogP contribution is 2.40. The number of hydrogen-bond acceptors (Lipinski definition) is 2. The van der Waals surface area contributed by atoms with E-state index in [0.717, 1.165) is 36.0 Å². The van der Waals surface area contributed by atoms with Crippen molar-refractivity contribution in [3.8, 4) is 0 Å². The van der Waals surface area contributed by atoms with Crippen molar-refractivity contribution < 1.29 is 9.53 Å². The molecule has 0 N–H and O–H groups in total. The number of Topliss-reactive ketones (excluding diaryl/α,β-unsaturated/α-hetero) is 1. The van der Waals surface area contributed by atoms with Crippen LogP contribution in [0.5, 0.6) is 0 Å². The first kappa shape index (κ1) is 11.0. The normalized spacial score (nSPS) is 30.8. The maximum Gasteiger partial charge on any atom is 0.168 e. The van der Waals surface area contributed by atoms with Gasteiger partial charge in [0.1, 0.15) is 0 Å². The van der Waals surface area contributed by atoms with Gasteiger partial charge in [0.05, 0.1) is 18.1 Å². The number of carbonyl (C=O) groups excluding carboxylic acids is 1. The second-order valence-corrected chi connectivity index (χ2v) is 5.46. The van der Waals surface area contributed by atoms with E-state index in [-0.39, 0.29) is 17.8 Å². The monoisotopic (exact) mass is 230 g/mol. The third-order valence-corrected chi connectivity index (χ3v) is 3.95. The Kier molecular flexibility index (Phi) is 2.55. The van der Waals surface area contributed by atoms with E-state index in [1.807, 2.05) is 26.0 Å². The smallest absolute Gasteiger partial charge is 0.168 e. The van der Waals surface area contributed by atoms with Gasteiger partial charge >= 0.3 is 0 Å². The van der Waals surface area contributed by atoms with Gasteiger partial charge < -0.3 is 4.74 Å². The lowest BCUT2D eigenvalue weighted by Gasteiger charge is -2.17. The van der Waals surface area contributed by atoms with Gasteiger partial charge in [-0.2, -0.15) is 0 Å². The molecular formula is C15H18O2. The number of ketones is 1. The van der Waals surface area contributed by atoms with Crippen LogP contribution >= 0.6 is 0 Å². The van der Waals surface area contributed by atoms with E-state index in [1.54, 1.807) is 0 Å². The van der Waals surface area contributed by atoms with Gasteiger partial charge in [0.2, 0.25) is 0 Å². The molecule has 90 valence electrons. The molecule has 17 heavy (non-hydrogen) atoms. The summed E-state index contributed by atoms with van der Waals surface area (Å²) in [6, 6.07) is 6.11. The molecule has 2 aliphatic rings. The zero-order valence-corrected chi connectivity index (χ0v) is 10.4. The van der Waals surface area contributed by atoms with Crippen LogP contribution in [0.2, 0.25) is 0 Å². The molecule has 3 atom stereocenters. The molecule has 0 aliphatic carbocycles. The molecule has 2 aliphatic heterocycles. The second-order valence-electron chi connectivity index (χ2n) is 5.46. The summed E-state index contributed by atoms with van der Waals surface area (Å²) in [5.41, 5.74) is 3.19. The predicted octanol–water partition coefficient (Wildman–Crippen LogP) is 3.05. The topological polar surface area (TPSA) is 26.3 Å². The molecule has 0 saturated carbocycles. The highest BCUT2D eigenvalue weighted by molar-refractivity contribution is 5.98. The largest absolute Gasteiger partial charge is 0.374 e. The second kappa shape index (κ2) is 3.95. The number of carbonyl (C=O) groups is 1. The van der Waals surface area contributed by atoms with Crippen molar-refractivity contribution in [2.75, 3.05) is 0 Å². The van der Waals surface area contributed by atoms with Crippen LogP contribution in [-0.2, 0) is 4.74 Å². The summed E-state index contributed by atoms with van der Waals surface area (Å²) in [4.78, 5) is 12.5. The van der Waals surface area contributed by atoms with Crippen molar-refractivity contribution in [1.82, 2.24) is 0 Å². The van der Waals surface area contributed by atoms with Crippen molar-refractivity contribution in [3.05, 3.63) is 34.9 Å². The maximum atomic E-state index is 12.5. The lowest BCUT2D eigenvalue weighted by Crippen LogP contribution is -2.25. The predicted molar refractivity (Wildman–Crippen MR) is 66.2 cm³/mol. The zero-order valence-electron chi connectivity index (χ0n) is 10.4. The fourth-order valence-electron chi connectivity index (χ4n) is 3.24. The minimum Gasteiger partial charge on any atom is -0.374 e. The van der Waals surface area contributed by atoms with Crippen LogP contribution in [0.1, 0.15) is 40.7 Å². The molecule has 0 spiro atoms. The molecule has 3 unspecified atom stereocenters. The summed E-state index contributed by atoms with van der Waals surface area (Å²) in [7, 11) is 0. The number of fused-ring (bicyclic) bond motifs is 2. The Balaban J connectivity index is 1.86. The van der Waals surface area contributed by atoms with Crippen LogP contribution in [0.25, 0.3) is 0 Å². The summed E-state index contributed by atoms with van der Waals surface area (Å²) < 4.78 is 5.77. The van der Waals surface area contributed by atoms with Crippen molar-refractivity contribution >= 4 is 5.78 Å². The molecular weight excluding hydrogens is 212 g/mol. The Labute approximate surface area is 102 Å². The first-order valence-electron chi connectivity index (χ1n) is 6.41. The van der Waals surface area contributed by atoms with E-state index in [1.165, 1.54) is 0 Å². The number of ether oxygens (including phenoxy) is 1. The van der Waals surface area contributed by atoms with Crippen LogP contribution < -0.4 is 0 Å². The van der Waals surface area contributed by atoms with Gasteiger partial charge in [0, 0.05) is 5.56 Å². The van der Waals surface area contributed by atoms with Gasteiger partial charge in [-0.1, -0.05) is 17.2 Å². The molecule has 2 heterocycles. The van der Waals surface area contributed by atoms with Gasteiger partial charge in [-0.25, -0.2) is 0 Å². The lowest BCUT2D eigenvalue weighted by atomic mass is 9.83. The average Bonchev–Trinajstić information content (AvgIpc) is 2.88. The molecule has 3 rings (SSSR count). The third-order valence-electron chi connectivity index (χ3n) is 3.95. The van der Waals surface area contributed by atoms with Gasteiger partial charge in [-0.15, -0.1) is 0 Å². The number of rotatable bonds is 2. The van der Waals surface area contributed by atoms with Gasteiger partial charge in [-0.05, 0) is 45.2 Å². The number of hydrogen-bond donors (Lipinski definition) is 0. The van der Waals surface area contributed by atoms with Gasteiger partial charge in [0.15, 0.2) is 5.78 Å². The van der Waals surface area contributed by atoms with Gasteiger partial charge in [0.25, 0.3) is 0 Å². The summed E-state index contributed by atoms with van der Waals surface area (Å²) >= 11 is 0. The van der Waals surface area contributed by atoms with Crippen molar-refractivity contribution in [1.29, 1.82) is 0 Å². The van der Waals surface area contributed by atoms with E-state index in [0.29, 0.717) is 6.10 Å². The van der Waals surface area contributed by atoms with Crippen LogP contribution in [0.4, 0.5) is 0 Å². The molecule has 2 bridgehead atoms. The average molecular weight is 230 g/mol. The molecule has 0 radical (unpaired) electrons. The van der Waals surface area contributed by atoms with Crippen LogP contribution in [0.15, 0.2) is 18.2 Å². The van der Waals surface area contributed by atoms with Crippen LogP contribution in [0.3, 0.4) is 0 Å². The molecule has 2 heteroatoms. The summed E-state index contributed by atoms with van der Waals surface area (Å²) in [5, 5.41) is 0. The SMILES string of the molecule is Cc1cc(C)cc(C(=O)C2CC3CCC2O3)c1. The van der Waals surface area contributed by atoms with Crippen LogP contribution in [0, 0.1) is 19.8 Å². The van der Waals surface area contributed by atoms with E-state index in [2.05, 4.69) is 6.07 Å². The Morgan fingerprint density at radius 1 is 1.18 bits per heavy atom. The minimum absolute atomic E-state index is 0.106. The number of benzene rings is 1. The van der Waals surface area contributed by atoms with Crippen molar-refractivity contribution in [3.63, 3.8) is 0 Å². The molecule has 0 amide bonds. The van der Waals surface area contributed by atoms with E-state index in [9.17, 15) is 4.79 Å². The summed E-state index contributed by atoms with van der Waals surface area (Å²) in [6.07, 6.45) is 3.66. The Morgan fingerprint density at radius 2 is 1.88 bits per heavy atom. The lowest BCUT2D eigenvalue weighted by molar-refractivity contribution is 0.0743. The van der Waals surface area contributed by atoms with Crippen molar-refractivity contribution in [2.45, 2.75) is 45.3 Å². The molecule has 0 aromatic heterocycles. The molecule has 2 fully saturated rings. The standard InChI is InChI=1S/C15H18O2/c1-9-5-10(2)7-11(6-9)15(16)13-8-12-3-4-14(13)17-12/h5-7,12-14H,3-4,8H2,1-2H3. The molecule has 2 nitrogen and oxygen atoms in total. The fourth-order valence-corrected chi connectivity index (χ4v) is 3.24. The summed E-state index contributed by atoms with van der Waals surface area (Å²) in [6.45, 7) is 4.09. The minimum atomic E-state index is 0.106. The summed E-state index contributed by atoms with van der Waals surface area (Å²) in [5.74, 6) is 0.388.